The summed E-state index contributed by atoms with van der Waals surface area (Å²) >= 11 is 0. The Hall–Kier alpha value is -1.83. The van der Waals surface area contributed by atoms with Crippen LogP contribution >= 0.6 is 0 Å². The fourth-order valence-corrected chi connectivity index (χ4v) is 1.63. The number of nitrogens with zero attached hydrogens (tertiary/aromatic N) is 4. The van der Waals surface area contributed by atoms with E-state index in [2.05, 4.69) is 20.9 Å². The zero-order chi connectivity index (χ0) is 9.97. The lowest BCUT2D eigenvalue weighted by molar-refractivity contribution is 0.926. The normalized spacial score (nSPS) is 15.5. The molecule has 0 saturated carbocycles. The van der Waals surface area contributed by atoms with Gasteiger partial charge in [0.25, 0.3) is 0 Å². The van der Waals surface area contributed by atoms with Crippen molar-refractivity contribution < 1.29 is 0 Å². The molecule has 1 fully saturated rings. The highest BCUT2D eigenvalue weighted by Gasteiger charge is 2.17. The summed E-state index contributed by atoms with van der Waals surface area (Å²) in [6, 6.07) is 2.08. The van der Waals surface area contributed by atoms with Gasteiger partial charge in [-0.2, -0.15) is 10.2 Å². The Labute approximate surface area is 82.2 Å². The Bertz CT molecular complexity index is 375. The van der Waals surface area contributed by atoms with Crippen molar-refractivity contribution in [3.8, 4) is 6.07 Å². The van der Waals surface area contributed by atoms with Gasteiger partial charge in [-0.05, 0) is 12.8 Å². The summed E-state index contributed by atoms with van der Waals surface area (Å²) in [4.78, 5) is 9.98. The number of nitrogen functional groups attached to an aromatic ring is 1. The van der Waals surface area contributed by atoms with Crippen LogP contribution < -0.4 is 10.6 Å². The van der Waals surface area contributed by atoms with Gasteiger partial charge in [0.05, 0.1) is 6.20 Å². The van der Waals surface area contributed by atoms with E-state index in [-0.39, 0.29) is 5.95 Å². The monoisotopic (exact) mass is 189 g/mol. The van der Waals surface area contributed by atoms with Gasteiger partial charge in [-0.3, -0.25) is 0 Å². The molecule has 1 aliphatic rings. The average molecular weight is 189 g/mol. The highest BCUT2D eigenvalue weighted by Crippen LogP contribution is 2.21. The first kappa shape index (κ1) is 8.75. The van der Waals surface area contributed by atoms with Crippen molar-refractivity contribution in [3.63, 3.8) is 0 Å². The molecule has 0 amide bonds. The predicted molar refractivity (Wildman–Crippen MR) is 52.6 cm³/mol. The van der Waals surface area contributed by atoms with Crippen LogP contribution in [-0.4, -0.2) is 23.1 Å². The van der Waals surface area contributed by atoms with Gasteiger partial charge in [-0.1, -0.05) is 0 Å². The minimum absolute atomic E-state index is 0.228. The largest absolute Gasteiger partial charge is 0.368 e. The van der Waals surface area contributed by atoms with Crippen LogP contribution in [0.5, 0.6) is 0 Å². The van der Waals surface area contributed by atoms with E-state index in [9.17, 15) is 0 Å². The minimum Gasteiger partial charge on any atom is -0.368 e. The van der Waals surface area contributed by atoms with Crippen LogP contribution in [0.25, 0.3) is 0 Å². The highest BCUT2D eigenvalue weighted by atomic mass is 15.2. The molecule has 0 aliphatic carbocycles. The molecule has 1 saturated heterocycles. The molecule has 1 aromatic heterocycles. The standard InChI is InChI=1S/C9H11N5/c10-5-7-6-12-9(11)13-8(7)14-3-1-2-4-14/h6H,1-4H2,(H2,11,12,13). The second-order valence-electron chi connectivity index (χ2n) is 3.27. The summed E-state index contributed by atoms with van der Waals surface area (Å²) in [5, 5.41) is 8.87. The van der Waals surface area contributed by atoms with E-state index in [1.807, 2.05) is 0 Å². The van der Waals surface area contributed by atoms with E-state index < -0.39 is 0 Å². The smallest absolute Gasteiger partial charge is 0.222 e. The third-order valence-electron chi connectivity index (χ3n) is 2.31. The lowest BCUT2D eigenvalue weighted by atomic mass is 10.3. The van der Waals surface area contributed by atoms with Gasteiger partial charge in [-0.25, -0.2) is 4.98 Å². The summed E-state index contributed by atoms with van der Waals surface area (Å²) in [5.74, 6) is 0.906. The first-order valence-electron chi connectivity index (χ1n) is 4.59. The molecular weight excluding hydrogens is 178 g/mol. The van der Waals surface area contributed by atoms with Crippen molar-refractivity contribution in [2.24, 2.45) is 0 Å². The molecule has 0 atom stereocenters. The van der Waals surface area contributed by atoms with Crippen molar-refractivity contribution in [2.75, 3.05) is 23.7 Å². The van der Waals surface area contributed by atoms with E-state index in [4.69, 9.17) is 11.0 Å². The van der Waals surface area contributed by atoms with Gasteiger partial charge in [0.2, 0.25) is 5.95 Å². The fourth-order valence-electron chi connectivity index (χ4n) is 1.63. The number of hydrogen-bond donors (Lipinski definition) is 1. The molecular formula is C9H11N5. The van der Waals surface area contributed by atoms with Crippen molar-refractivity contribution in [3.05, 3.63) is 11.8 Å². The fraction of sp³-hybridized carbons (Fsp3) is 0.444. The Morgan fingerprint density at radius 1 is 1.43 bits per heavy atom. The molecule has 5 heteroatoms. The van der Waals surface area contributed by atoms with E-state index in [1.54, 1.807) is 0 Å². The predicted octanol–water partition coefficient (Wildman–Crippen LogP) is 0.531. The van der Waals surface area contributed by atoms with Crippen LogP contribution in [0, 0.1) is 11.3 Å². The first-order valence-corrected chi connectivity index (χ1v) is 4.59. The molecule has 72 valence electrons. The number of nitrogens with two attached hydrogens (primary N) is 1. The molecule has 0 bridgehead atoms. The maximum Gasteiger partial charge on any atom is 0.222 e. The summed E-state index contributed by atoms with van der Waals surface area (Å²) in [6.07, 6.45) is 3.78. The quantitative estimate of drug-likeness (QED) is 0.697. The van der Waals surface area contributed by atoms with Gasteiger partial charge in [0.15, 0.2) is 5.82 Å². The zero-order valence-electron chi connectivity index (χ0n) is 7.77. The SMILES string of the molecule is N#Cc1cnc(N)nc1N1CCCC1. The molecule has 2 heterocycles. The molecule has 0 spiro atoms. The van der Waals surface area contributed by atoms with E-state index in [0.29, 0.717) is 11.4 Å². The average Bonchev–Trinajstić information content (AvgIpc) is 2.70. The molecule has 2 N–H and O–H groups in total. The molecule has 1 aromatic rings. The van der Waals surface area contributed by atoms with Gasteiger partial charge < -0.3 is 10.6 Å². The van der Waals surface area contributed by atoms with Crippen LogP contribution in [0.3, 0.4) is 0 Å². The van der Waals surface area contributed by atoms with Crippen LogP contribution in [0.15, 0.2) is 6.20 Å². The summed E-state index contributed by atoms with van der Waals surface area (Å²) in [7, 11) is 0. The molecule has 1 aliphatic heterocycles. The summed E-state index contributed by atoms with van der Waals surface area (Å²) in [6.45, 7) is 1.90. The highest BCUT2D eigenvalue weighted by molar-refractivity contribution is 5.55. The van der Waals surface area contributed by atoms with Crippen molar-refractivity contribution in [1.29, 1.82) is 5.26 Å². The molecule has 0 radical (unpaired) electrons. The number of aromatic nitrogens is 2. The number of hydrogen-bond acceptors (Lipinski definition) is 5. The molecule has 0 unspecified atom stereocenters. The van der Waals surface area contributed by atoms with E-state index in [1.165, 1.54) is 6.20 Å². The Morgan fingerprint density at radius 2 is 2.14 bits per heavy atom. The van der Waals surface area contributed by atoms with E-state index >= 15 is 0 Å². The lowest BCUT2D eigenvalue weighted by Gasteiger charge is -2.16. The van der Waals surface area contributed by atoms with Crippen molar-refractivity contribution in [1.82, 2.24) is 9.97 Å². The summed E-state index contributed by atoms with van der Waals surface area (Å²) < 4.78 is 0. The van der Waals surface area contributed by atoms with Crippen LogP contribution in [-0.2, 0) is 0 Å². The second-order valence-corrected chi connectivity index (χ2v) is 3.27. The molecule has 0 aromatic carbocycles. The first-order chi connectivity index (χ1) is 6.81. The third kappa shape index (κ3) is 1.46. The maximum atomic E-state index is 8.87. The topological polar surface area (TPSA) is 78.8 Å². The summed E-state index contributed by atoms with van der Waals surface area (Å²) in [5.41, 5.74) is 5.99. The molecule has 5 nitrogen and oxygen atoms in total. The number of anilines is 2. The molecule has 14 heavy (non-hydrogen) atoms. The van der Waals surface area contributed by atoms with Gasteiger partial charge in [0.1, 0.15) is 11.6 Å². The maximum absolute atomic E-state index is 8.87. The Morgan fingerprint density at radius 3 is 2.79 bits per heavy atom. The lowest BCUT2D eigenvalue weighted by Crippen LogP contribution is -2.21. The zero-order valence-corrected chi connectivity index (χ0v) is 7.77. The number of nitriles is 1. The van der Waals surface area contributed by atoms with Gasteiger partial charge in [0, 0.05) is 13.1 Å². The molecule has 2 rings (SSSR count). The van der Waals surface area contributed by atoms with Crippen LogP contribution in [0.2, 0.25) is 0 Å². The van der Waals surface area contributed by atoms with Crippen molar-refractivity contribution >= 4 is 11.8 Å². The van der Waals surface area contributed by atoms with Crippen molar-refractivity contribution in [2.45, 2.75) is 12.8 Å². The second kappa shape index (κ2) is 3.50. The number of rotatable bonds is 1. The van der Waals surface area contributed by atoms with Crippen LogP contribution in [0.4, 0.5) is 11.8 Å². The minimum atomic E-state index is 0.228. The Kier molecular flexibility index (Phi) is 2.19. The van der Waals surface area contributed by atoms with Gasteiger partial charge >= 0.3 is 0 Å². The van der Waals surface area contributed by atoms with Gasteiger partial charge in [-0.15, -0.1) is 0 Å². The third-order valence-corrected chi connectivity index (χ3v) is 2.31. The van der Waals surface area contributed by atoms with E-state index in [0.717, 1.165) is 25.9 Å². The van der Waals surface area contributed by atoms with Crippen LogP contribution in [0.1, 0.15) is 18.4 Å². The Balaban J connectivity index is 2.39.